The number of nitrogens with two attached hydrogens (primary N) is 1. The van der Waals surface area contributed by atoms with E-state index < -0.39 is 133 Å². The van der Waals surface area contributed by atoms with E-state index in [1.54, 1.807) is 102 Å². The number of para-hydroxylation sites is 3. The van der Waals surface area contributed by atoms with Gasteiger partial charge in [0.2, 0.25) is 5.76 Å². The Morgan fingerprint density at radius 1 is 0.406 bits per heavy atom. The number of carboxylic acid groups (broad SMARTS) is 4. The van der Waals surface area contributed by atoms with Crippen LogP contribution in [0.1, 0.15) is 93.6 Å². The van der Waals surface area contributed by atoms with Crippen molar-refractivity contribution in [3.63, 3.8) is 0 Å². The minimum Gasteiger partial charge on any atom is -0.490 e. The van der Waals surface area contributed by atoms with Gasteiger partial charge < -0.3 is 103 Å². The van der Waals surface area contributed by atoms with Gasteiger partial charge in [0.05, 0.1) is 30.6 Å². The summed E-state index contributed by atoms with van der Waals surface area (Å²) >= 11 is 0. The number of hydrogen-bond donors (Lipinski definition) is 11. The molecule has 44 nitrogen and oxygen atoms in total. The van der Waals surface area contributed by atoms with Crippen molar-refractivity contribution in [2.75, 3.05) is 57.5 Å². The molecule has 6 aliphatic rings. The number of hydrogen-bond acceptors (Lipinski definition) is 31. The topological polar surface area (TPSA) is 566 Å². The Morgan fingerprint density at radius 3 is 1.22 bits per heavy atom. The van der Waals surface area contributed by atoms with E-state index in [1.807, 2.05) is 72.8 Å². The molecule has 658 valence electrons. The van der Waals surface area contributed by atoms with Crippen LogP contribution in [0.2, 0.25) is 0 Å². The van der Waals surface area contributed by atoms with Gasteiger partial charge >= 0.3 is 42.0 Å². The standard InChI is InChI=1S/C32H29N7O7.C28H26N6O9.C24H23N7O8/c33-19-11-12-22(21(14-19)31(40)41)43-15-23-26-27(46-24(45-26)13-18-7-3-1-4-8-18)30(44-23)39-17-36-25-28(34-16-35-29(25)39)38-32(42)37-20-9-5-2-6-10-20;1-28(2)42-20-18(11-40-17-9-8-14(25(35)36)10-16(17)26(37)38)41-24(21(20)43-28)34-13-31-19-22(29-12-30-23(19)34)33-27(39)32-15-6-4-3-5-7-15;1-24(2)37-17-14(9-35-15-8-13(22(32)33)39-30-15)36-21(18(17)38-24)31-11-27-16-19(25-10-26-20(16)31)29-23(34)28-12-6-4-3-5-7-12/h1-12,14,16-17,23-24,26-27,30H,13,15,33H2,(H,40,41)(H2,34,35,37,38,42);3-10,12-13,18,20-21,24H,11H2,1-2H3,(H,35,36)(H,37,38)(H2,29,30,32,33,39);3-8,10-11,14,17-18,21H,9H2,1-2H3,(H,32,33)(H2,25,26,28,29,34). The van der Waals surface area contributed by atoms with E-state index >= 15 is 0 Å². The summed E-state index contributed by atoms with van der Waals surface area (Å²) in [4.78, 5) is 123. The van der Waals surface area contributed by atoms with Gasteiger partial charge in [0.25, 0.3) is 5.88 Å². The lowest BCUT2D eigenvalue weighted by molar-refractivity contribution is -0.199. The summed E-state index contributed by atoms with van der Waals surface area (Å²) in [5.74, 6) is -6.50. The predicted octanol–water partition coefficient (Wildman–Crippen LogP) is 10.1. The number of amides is 6. The molecule has 6 aliphatic heterocycles. The van der Waals surface area contributed by atoms with Crippen LogP contribution in [0.15, 0.2) is 206 Å². The number of rotatable bonds is 24. The van der Waals surface area contributed by atoms with Gasteiger partial charge in [-0.1, -0.05) is 84.9 Å². The van der Waals surface area contributed by atoms with Crippen molar-refractivity contribution in [2.45, 2.75) is 126 Å². The number of aromatic nitrogens is 13. The van der Waals surface area contributed by atoms with Crippen molar-refractivity contribution >= 4 is 116 Å². The van der Waals surface area contributed by atoms with Gasteiger partial charge in [-0.15, -0.1) is 0 Å². The van der Waals surface area contributed by atoms with Crippen LogP contribution in [0.3, 0.4) is 0 Å². The second-order valence-corrected chi connectivity index (χ2v) is 30.3. The molecule has 0 bridgehead atoms. The van der Waals surface area contributed by atoms with Crippen molar-refractivity contribution < 1.29 is 115 Å². The number of benzene rings is 6. The molecule has 6 aromatic carbocycles. The second-order valence-electron chi connectivity index (χ2n) is 30.3. The van der Waals surface area contributed by atoms with Crippen molar-refractivity contribution in [3.05, 3.63) is 230 Å². The summed E-state index contributed by atoms with van der Waals surface area (Å²) in [5.41, 5.74) is 10.6. The third-order valence-corrected chi connectivity index (χ3v) is 20.7. The van der Waals surface area contributed by atoms with E-state index in [1.165, 1.54) is 62.0 Å². The van der Waals surface area contributed by atoms with Crippen molar-refractivity contribution in [2.24, 2.45) is 0 Å². The molecule has 0 saturated carbocycles. The maximum Gasteiger partial charge on any atom is 0.374 e. The quantitative estimate of drug-likeness (QED) is 0.0250. The number of carboxylic acids is 4. The first-order chi connectivity index (χ1) is 61.8. The Hall–Kier alpha value is -15.3. The van der Waals surface area contributed by atoms with Gasteiger partial charge in [-0.05, 0) is 111 Å². The van der Waals surface area contributed by atoms with Crippen LogP contribution in [0.25, 0.3) is 33.5 Å². The molecule has 0 radical (unpaired) electrons. The van der Waals surface area contributed by atoms with Crippen LogP contribution in [0.5, 0.6) is 17.4 Å². The summed E-state index contributed by atoms with van der Waals surface area (Å²) < 4.78 is 83.5. The predicted molar refractivity (Wildman–Crippen MR) is 444 cm³/mol. The minimum absolute atomic E-state index is 0.000470. The molecule has 13 heterocycles. The largest absolute Gasteiger partial charge is 0.490 e. The lowest BCUT2D eigenvalue weighted by Crippen LogP contribution is -2.34. The molecule has 6 saturated heterocycles. The molecule has 6 amide bonds. The molecule has 12 N–H and O–H groups in total. The summed E-state index contributed by atoms with van der Waals surface area (Å²) in [6.45, 7) is 6.92. The number of carbonyl (C=O) groups is 7. The highest BCUT2D eigenvalue weighted by Crippen LogP contribution is 2.47. The summed E-state index contributed by atoms with van der Waals surface area (Å²) in [5, 5.41) is 57.5. The fraction of sp³-hybridized carbons (Fsp3) is 0.274. The number of imidazole rings is 3. The maximum atomic E-state index is 12.7. The highest BCUT2D eigenvalue weighted by atomic mass is 16.8. The second kappa shape index (κ2) is 36.1. The Bertz CT molecular complexity index is 6290. The first-order valence-corrected chi connectivity index (χ1v) is 39.6. The van der Waals surface area contributed by atoms with Crippen LogP contribution >= 0.6 is 0 Å². The zero-order valence-electron chi connectivity index (χ0n) is 67.7. The number of nitrogens with one attached hydrogen (secondary N) is 6. The Morgan fingerprint density at radius 2 is 0.797 bits per heavy atom. The SMILES string of the molecule is CC1(C)OC2C(COc3cc(C(=O)O)on3)OC(n3cnc4c(NC(=O)Nc5ccccc5)ncnc43)C2O1.CC1(C)OC2C(COc3ccc(C(=O)O)cc3C(=O)O)OC(n3cnc4c(NC(=O)Nc5ccccc5)ncnc43)C2O1.Nc1ccc(OCC2OC(n3cnc4c(NC(=O)Nc5ccccc5)ncnc43)C3OC(Cc4ccccc4)OC23)c(C(=O)O)c1. The minimum atomic E-state index is -1.34. The molecule has 0 spiro atoms. The van der Waals surface area contributed by atoms with Crippen LogP contribution in [0, 0.1) is 0 Å². The van der Waals surface area contributed by atoms with E-state index in [9.17, 15) is 48.9 Å². The molecule has 13 atom stereocenters. The number of ether oxygens (including phenoxy) is 12. The van der Waals surface area contributed by atoms with E-state index in [4.69, 9.17) is 72.2 Å². The molecule has 0 aliphatic carbocycles. The van der Waals surface area contributed by atoms with E-state index in [-0.39, 0.29) is 77.1 Å². The van der Waals surface area contributed by atoms with Gasteiger partial charge in [0, 0.05) is 29.2 Å². The fourth-order valence-corrected chi connectivity index (χ4v) is 15.2. The molecule has 19 rings (SSSR count). The van der Waals surface area contributed by atoms with Gasteiger partial charge in [-0.2, -0.15) is 0 Å². The number of fused-ring (bicyclic) bond motifs is 6. The molecule has 13 unspecified atom stereocenters. The van der Waals surface area contributed by atoms with E-state index in [2.05, 4.69) is 81.9 Å². The number of carbonyl (C=O) groups excluding carboxylic acids is 3. The van der Waals surface area contributed by atoms with Crippen LogP contribution in [-0.2, 0) is 49.1 Å². The number of aromatic carboxylic acids is 4. The summed E-state index contributed by atoms with van der Waals surface area (Å²) in [7, 11) is 0. The third-order valence-electron chi connectivity index (χ3n) is 20.7. The number of urea groups is 3. The van der Waals surface area contributed by atoms with Gasteiger partial charge in [0.1, 0.15) is 116 Å². The Kier molecular flexibility index (Phi) is 24.0. The smallest absolute Gasteiger partial charge is 0.374 e. The molecular formula is C84H78N20O24. The van der Waals surface area contributed by atoms with Crippen molar-refractivity contribution in [3.8, 4) is 17.4 Å². The monoisotopic (exact) mass is 1750 g/mol. The maximum absolute atomic E-state index is 12.7. The number of nitrogen functional groups attached to an aromatic ring is 1. The van der Waals surface area contributed by atoms with Crippen LogP contribution in [-0.4, -0.2) is 219 Å². The zero-order chi connectivity index (χ0) is 89.1. The number of nitrogens with zero attached hydrogens (tertiary/aromatic N) is 13. The fourth-order valence-electron chi connectivity index (χ4n) is 15.2. The Labute approximate surface area is 721 Å². The average molecular weight is 1750 g/mol. The highest BCUT2D eigenvalue weighted by molar-refractivity contribution is 6.05. The lowest BCUT2D eigenvalue weighted by Gasteiger charge is -2.25. The van der Waals surface area contributed by atoms with Crippen molar-refractivity contribution in [1.82, 2.24) is 63.7 Å². The van der Waals surface area contributed by atoms with Gasteiger partial charge in [0.15, 0.2) is 87.5 Å². The molecule has 128 heavy (non-hydrogen) atoms. The molecule has 44 heteroatoms. The van der Waals surface area contributed by atoms with Gasteiger partial charge in [-0.3, -0.25) is 29.7 Å². The number of anilines is 7. The van der Waals surface area contributed by atoms with Crippen molar-refractivity contribution in [1.29, 1.82) is 0 Å². The van der Waals surface area contributed by atoms with E-state index in [0.29, 0.717) is 62.7 Å². The summed E-state index contributed by atoms with van der Waals surface area (Å²) in [6, 6.07) is 44.4. The zero-order valence-corrected chi connectivity index (χ0v) is 67.7. The molecule has 7 aromatic heterocycles. The van der Waals surface area contributed by atoms with Gasteiger partial charge in [-0.25, -0.2) is 78.4 Å². The lowest BCUT2D eigenvalue weighted by atomic mass is 10.1. The molecular weight excluding hydrogens is 1670 g/mol. The normalized spacial score (nSPS) is 22.5. The first kappa shape index (κ1) is 84.9. The van der Waals surface area contributed by atoms with Crippen LogP contribution in [0.4, 0.5) is 54.6 Å². The highest BCUT2D eigenvalue weighted by Gasteiger charge is 2.59. The first-order valence-electron chi connectivity index (χ1n) is 39.6. The molecule has 13 aromatic rings. The van der Waals surface area contributed by atoms with E-state index in [0.717, 1.165) is 11.6 Å². The third kappa shape index (κ3) is 18.6. The summed E-state index contributed by atoms with van der Waals surface area (Å²) in [6.07, 6.45) is 0.765. The van der Waals surface area contributed by atoms with Crippen LogP contribution < -0.4 is 51.8 Å². The average Bonchev–Trinajstić information content (AvgIpc) is 1.60. The Balaban J connectivity index is 0.000000135. The molecule has 6 fully saturated rings.